The summed E-state index contributed by atoms with van der Waals surface area (Å²) in [7, 11) is 0. The first kappa shape index (κ1) is 32.0. The van der Waals surface area contributed by atoms with Gasteiger partial charge < -0.3 is 19.7 Å². The first-order valence-corrected chi connectivity index (χ1v) is 15.1. The molecule has 0 unspecified atom stereocenters. The Morgan fingerprint density at radius 2 is 1.23 bits per heavy atom. The molecule has 4 aromatic carbocycles. The van der Waals surface area contributed by atoms with E-state index in [2.05, 4.69) is 77.7 Å². The number of carbonyl (C=O) groups is 1. The van der Waals surface area contributed by atoms with Crippen LogP contribution in [-0.2, 0) is 48.6 Å². The molecule has 6 nitrogen and oxygen atoms in total. The van der Waals surface area contributed by atoms with E-state index in [1.54, 1.807) is 0 Å². The first-order chi connectivity index (χ1) is 21.1. The van der Waals surface area contributed by atoms with Gasteiger partial charge in [0.2, 0.25) is 0 Å². The van der Waals surface area contributed by atoms with Crippen molar-refractivity contribution in [2.24, 2.45) is 0 Å². The van der Waals surface area contributed by atoms with Crippen LogP contribution < -0.4 is 4.74 Å². The number of aryl methyl sites for hydroxylation is 2. The van der Waals surface area contributed by atoms with Crippen molar-refractivity contribution in [2.45, 2.75) is 58.3 Å². The van der Waals surface area contributed by atoms with Gasteiger partial charge in [0.05, 0.1) is 6.61 Å². The molecule has 0 atom stereocenters. The van der Waals surface area contributed by atoms with E-state index in [1.165, 1.54) is 16.7 Å². The van der Waals surface area contributed by atoms with Gasteiger partial charge in [-0.1, -0.05) is 97.1 Å². The SMILES string of the molecule is O=C(O)CCCCN(CCc1ccccc1OCc1ccc(CCc2ccccc2)cc1)Cc1ccc(COCO)cc1. The number of hydrogen-bond donors (Lipinski definition) is 2. The number of aliphatic hydroxyl groups is 1. The van der Waals surface area contributed by atoms with Crippen molar-refractivity contribution in [3.8, 4) is 5.75 Å². The molecule has 6 heteroatoms. The molecule has 0 radical (unpaired) electrons. The van der Waals surface area contributed by atoms with Gasteiger partial charge in [-0.3, -0.25) is 9.69 Å². The summed E-state index contributed by atoms with van der Waals surface area (Å²) in [6, 6.07) is 35.7. The van der Waals surface area contributed by atoms with Crippen molar-refractivity contribution >= 4 is 5.97 Å². The number of ether oxygens (including phenoxy) is 2. The summed E-state index contributed by atoms with van der Waals surface area (Å²) < 4.78 is 11.4. The number of benzene rings is 4. The van der Waals surface area contributed by atoms with E-state index in [9.17, 15) is 4.79 Å². The second-order valence-electron chi connectivity index (χ2n) is 10.9. The quantitative estimate of drug-likeness (QED) is 0.0935. The highest BCUT2D eigenvalue weighted by molar-refractivity contribution is 5.66. The zero-order chi connectivity index (χ0) is 30.1. The summed E-state index contributed by atoms with van der Waals surface area (Å²) in [5.74, 6) is 0.148. The fourth-order valence-corrected chi connectivity index (χ4v) is 5.07. The molecule has 0 saturated carbocycles. The summed E-state index contributed by atoms with van der Waals surface area (Å²) in [6.07, 6.45) is 4.56. The zero-order valence-electron chi connectivity index (χ0n) is 24.9. The lowest BCUT2D eigenvalue weighted by atomic mass is 10.0. The molecule has 2 N–H and O–H groups in total. The van der Waals surface area contributed by atoms with Crippen LogP contribution in [0, 0.1) is 0 Å². The van der Waals surface area contributed by atoms with Gasteiger partial charge in [-0.2, -0.15) is 0 Å². The highest BCUT2D eigenvalue weighted by Gasteiger charge is 2.11. The average Bonchev–Trinajstić information content (AvgIpc) is 3.04. The molecule has 0 saturated heterocycles. The monoisotopic (exact) mass is 581 g/mol. The molecule has 0 heterocycles. The molecule has 4 aromatic rings. The number of unbranched alkanes of at least 4 members (excludes halogenated alkanes) is 1. The maximum absolute atomic E-state index is 11.0. The van der Waals surface area contributed by atoms with Crippen LogP contribution in [0.1, 0.15) is 52.6 Å². The second kappa shape index (κ2) is 17.9. The number of carboxylic acid groups (broad SMARTS) is 1. The fraction of sp³-hybridized carbons (Fsp3) is 0.324. The van der Waals surface area contributed by atoms with Crippen LogP contribution in [0.2, 0.25) is 0 Å². The van der Waals surface area contributed by atoms with Gasteiger partial charge >= 0.3 is 5.97 Å². The lowest BCUT2D eigenvalue weighted by molar-refractivity contribution is -0.137. The number of rotatable bonds is 19. The van der Waals surface area contributed by atoms with Crippen molar-refractivity contribution in [1.29, 1.82) is 0 Å². The summed E-state index contributed by atoms with van der Waals surface area (Å²) in [6.45, 7) is 3.03. The zero-order valence-corrected chi connectivity index (χ0v) is 24.9. The number of para-hydroxylation sites is 1. The van der Waals surface area contributed by atoms with Gasteiger partial charge in [-0.25, -0.2) is 0 Å². The topological polar surface area (TPSA) is 79.2 Å². The number of nitrogens with zero attached hydrogens (tertiary/aromatic N) is 1. The van der Waals surface area contributed by atoms with Crippen LogP contribution in [0.4, 0.5) is 0 Å². The minimum atomic E-state index is -0.750. The molecule has 0 aliphatic carbocycles. The summed E-state index contributed by atoms with van der Waals surface area (Å²) in [4.78, 5) is 13.4. The van der Waals surface area contributed by atoms with E-state index < -0.39 is 5.97 Å². The molecule has 4 rings (SSSR count). The Morgan fingerprint density at radius 3 is 1.93 bits per heavy atom. The van der Waals surface area contributed by atoms with Crippen LogP contribution in [0.15, 0.2) is 103 Å². The van der Waals surface area contributed by atoms with Crippen LogP contribution >= 0.6 is 0 Å². The third-order valence-corrected chi connectivity index (χ3v) is 7.54. The Labute approximate surface area is 255 Å². The van der Waals surface area contributed by atoms with Crippen molar-refractivity contribution in [3.63, 3.8) is 0 Å². The van der Waals surface area contributed by atoms with E-state index in [1.807, 2.05) is 30.3 Å². The Hall–Kier alpha value is -3.97. The largest absolute Gasteiger partial charge is 0.489 e. The minimum absolute atomic E-state index is 0.193. The molecule has 43 heavy (non-hydrogen) atoms. The predicted octanol–water partition coefficient (Wildman–Crippen LogP) is 6.82. The van der Waals surface area contributed by atoms with Gasteiger partial charge in [0.25, 0.3) is 0 Å². The van der Waals surface area contributed by atoms with E-state index in [0.29, 0.717) is 19.6 Å². The lowest BCUT2D eigenvalue weighted by Gasteiger charge is -2.23. The normalized spacial score (nSPS) is 11.1. The Morgan fingerprint density at radius 1 is 0.628 bits per heavy atom. The van der Waals surface area contributed by atoms with Crippen molar-refractivity contribution in [1.82, 2.24) is 4.90 Å². The molecule has 0 aromatic heterocycles. The maximum Gasteiger partial charge on any atom is 0.303 e. The molecule has 0 amide bonds. The van der Waals surface area contributed by atoms with Crippen molar-refractivity contribution in [3.05, 3.63) is 137 Å². The molecule has 0 aliphatic heterocycles. The van der Waals surface area contributed by atoms with Gasteiger partial charge in [0, 0.05) is 19.5 Å². The number of aliphatic hydroxyl groups excluding tert-OH is 1. The summed E-state index contributed by atoms with van der Waals surface area (Å²) >= 11 is 0. The van der Waals surface area contributed by atoms with E-state index in [-0.39, 0.29) is 13.2 Å². The van der Waals surface area contributed by atoms with Gasteiger partial charge in [-0.05, 0) is 78.1 Å². The van der Waals surface area contributed by atoms with Gasteiger partial charge in [0.1, 0.15) is 19.1 Å². The van der Waals surface area contributed by atoms with E-state index in [0.717, 1.165) is 67.8 Å². The van der Waals surface area contributed by atoms with Crippen molar-refractivity contribution in [2.75, 3.05) is 19.9 Å². The Balaban J connectivity index is 1.31. The highest BCUT2D eigenvalue weighted by Crippen LogP contribution is 2.21. The van der Waals surface area contributed by atoms with Gasteiger partial charge in [-0.15, -0.1) is 0 Å². The van der Waals surface area contributed by atoms with Crippen molar-refractivity contribution < 1.29 is 24.5 Å². The molecular formula is C37H43NO5. The molecule has 0 bridgehead atoms. The van der Waals surface area contributed by atoms with Crippen LogP contribution in [-0.4, -0.2) is 41.0 Å². The standard InChI is InChI=1S/C37H43NO5/c39-29-42-27-33-21-17-32(18-22-33)26-38(24-7-6-12-37(40)41)25-23-35-10-4-5-11-36(35)43-28-34-19-15-31(16-20-34)14-13-30-8-2-1-3-9-30/h1-5,8-11,15-22,39H,6-7,12-14,23-29H2,(H,40,41). The first-order valence-electron chi connectivity index (χ1n) is 15.1. The van der Waals surface area contributed by atoms with Gasteiger partial charge in [0.15, 0.2) is 0 Å². The molecular weight excluding hydrogens is 538 g/mol. The minimum Gasteiger partial charge on any atom is -0.489 e. The average molecular weight is 582 g/mol. The number of carboxylic acids is 1. The van der Waals surface area contributed by atoms with E-state index >= 15 is 0 Å². The number of hydrogen-bond acceptors (Lipinski definition) is 5. The molecule has 0 aliphatic rings. The predicted molar refractivity (Wildman–Crippen MR) is 170 cm³/mol. The second-order valence-corrected chi connectivity index (χ2v) is 10.9. The Bertz CT molecular complexity index is 1360. The molecule has 0 fully saturated rings. The third-order valence-electron chi connectivity index (χ3n) is 7.54. The third kappa shape index (κ3) is 11.7. The summed E-state index contributed by atoms with van der Waals surface area (Å²) in [5.41, 5.74) is 7.18. The van der Waals surface area contributed by atoms with E-state index in [4.69, 9.17) is 19.7 Å². The molecule has 0 spiro atoms. The lowest BCUT2D eigenvalue weighted by Crippen LogP contribution is -2.27. The van der Waals surface area contributed by atoms with Crippen LogP contribution in [0.25, 0.3) is 0 Å². The molecule has 226 valence electrons. The summed E-state index contributed by atoms with van der Waals surface area (Å²) in [5, 5.41) is 17.9. The fourth-order valence-electron chi connectivity index (χ4n) is 5.07. The van der Waals surface area contributed by atoms with Crippen LogP contribution in [0.3, 0.4) is 0 Å². The maximum atomic E-state index is 11.0. The number of aliphatic carboxylic acids is 1. The smallest absolute Gasteiger partial charge is 0.303 e. The Kier molecular flexibility index (Phi) is 13.3. The van der Waals surface area contributed by atoms with Crippen LogP contribution in [0.5, 0.6) is 5.75 Å². The highest BCUT2D eigenvalue weighted by atomic mass is 16.6.